The van der Waals surface area contributed by atoms with Gasteiger partial charge in [-0.2, -0.15) is 0 Å². The highest BCUT2D eigenvalue weighted by molar-refractivity contribution is 4.54. The lowest BCUT2D eigenvalue weighted by atomic mass is 9.94. The minimum absolute atomic E-state index is 0.870. The zero-order valence-electron chi connectivity index (χ0n) is 8.65. The average molecular weight is 160 g/mol. The van der Waals surface area contributed by atoms with E-state index in [4.69, 9.17) is 0 Å². The van der Waals surface area contributed by atoms with Crippen LogP contribution >= 0.6 is 0 Å². The van der Waals surface area contributed by atoms with E-state index in [1.807, 2.05) is 0 Å². The number of rotatable bonds is 3. The number of hydrazine groups is 1. The van der Waals surface area contributed by atoms with Crippen LogP contribution in [0.3, 0.4) is 0 Å². The average Bonchev–Trinajstić information content (AvgIpc) is 1.90. The molecule has 0 heterocycles. The topological polar surface area (TPSA) is 38.0 Å². The van der Waals surface area contributed by atoms with Crippen LogP contribution in [0.2, 0.25) is 0 Å². The van der Waals surface area contributed by atoms with E-state index >= 15 is 0 Å². The summed E-state index contributed by atoms with van der Waals surface area (Å²) < 4.78 is 0. The lowest BCUT2D eigenvalue weighted by Crippen LogP contribution is -2.13. The van der Waals surface area contributed by atoms with Gasteiger partial charge in [-0.25, -0.2) is 0 Å². The second-order valence-corrected chi connectivity index (χ2v) is 3.30. The summed E-state index contributed by atoms with van der Waals surface area (Å²) in [7, 11) is 1.65. The summed E-state index contributed by atoms with van der Waals surface area (Å²) >= 11 is 0. The SMILES string of the molecule is CCCC(C)C(C)C.CNN. The maximum absolute atomic E-state index is 4.60. The molecule has 0 rings (SSSR count). The van der Waals surface area contributed by atoms with Gasteiger partial charge < -0.3 is 0 Å². The molecule has 0 bridgehead atoms. The molecule has 2 nitrogen and oxygen atoms in total. The Morgan fingerprint density at radius 2 is 1.64 bits per heavy atom. The third kappa shape index (κ3) is 13.0. The Labute approximate surface area is 71.5 Å². The van der Waals surface area contributed by atoms with E-state index in [1.165, 1.54) is 12.8 Å². The summed E-state index contributed by atoms with van der Waals surface area (Å²) in [6, 6.07) is 0. The van der Waals surface area contributed by atoms with Crippen molar-refractivity contribution in [1.82, 2.24) is 5.43 Å². The molecule has 0 aromatic rings. The van der Waals surface area contributed by atoms with Crippen molar-refractivity contribution in [2.75, 3.05) is 7.05 Å². The minimum Gasteiger partial charge on any atom is -0.272 e. The molecule has 0 saturated carbocycles. The standard InChI is InChI=1S/C8H18.CH6N2/c1-5-6-8(4)7(2)3;1-3-2/h7-8H,5-6H2,1-4H3;3H,2H2,1H3. The molecule has 0 aliphatic heterocycles. The first-order valence-electron chi connectivity index (χ1n) is 4.47. The number of hydrogen-bond acceptors (Lipinski definition) is 2. The van der Waals surface area contributed by atoms with Gasteiger partial charge in [-0.05, 0) is 18.9 Å². The first-order valence-corrected chi connectivity index (χ1v) is 4.47. The molecule has 11 heavy (non-hydrogen) atoms. The number of hydrogen-bond donors (Lipinski definition) is 2. The van der Waals surface area contributed by atoms with E-state index in [-0.39, 0.29) is 0 Å². The lowest BCUT2D eigenvalue weighted by Gasteiger charge is -2.12. The molecule has 3 N–H and O–H groups in total. The van der Waals surface area contributed by atoms with Crippen molar-refractivity contribution in [3.05, 3.63) is 0 Å². The lowest BCUT2D eigenvalue weighted by molar-refractivity contribution is 0.389. The van der Waals surface area contributed by atoms with Crippen molar-refractivity contribution >= 4 is 0 Å². The second-order valence-electron chi connectivity index (χ2n) is 3.30. The summed E-state index contributed by atoms with van der Waals surface area (Å²) in [5.74, 6) is 6.38. The molecule has 1 unspecified atom stereocenters. The molecule has 0 aromatic carbocycles. The summed E-state index contributed by atoms with van der Waals surface area (Å²) in [6.45, 7) is 9.16. The molecule has 0 amide bonds. The molecule has 0 fully saturated rings. The summed E-state index contributed by atoms with van der Waals surface area (Å²) in [6.07, 6.45) is 2.72. The summed E-state index contributed by atoms with van der Waals surface area (Å²) in [5, 5.41) is 0. The predicted molar refractivity (Wildman–Crippen MR) is 52.2 cm³/mol. The minimum atomic E-state index is 0.870. The van der Waals surface area contributed by atoms with Gasteiger partial charge >= 0.3 is 0 Å². The van der Waals surface area contributed by atoms with Gasteiger partial charge in [0.15, 0.2) is 0 Å². The Bertz CT molecular complexity index is 62.6. The van der Waals surface area contributed by atoms with Crippen molar-refractivity contribution < 1.29 is 0 Å². The molecule has 0 radical (unpaired) electrons. The fourth-order valence-electron chi connectivity index (χ4n) is 0.789. The molecule has 0 saturated heterocycles. The van der Waals surface area contributed by atoms with E-state index in [2.05, 4.69) is 39.0 Å². The van der Waals surface area contributed by atoms with Gasteiger partial charge in [0, 0.05) is 0 Å². The van der Waals surface area contributed by atoms with Crippen LogP contribution in [0.15, 0.2) is 0 Å². The highest BCUT2D eigenvalue weighted by atomic mass is 15.2. The Balaban J connectivity index is 0. The number of nitrogens with one attached hydrogen (secondary N) is 1. The molecular formula is C9H24N2. The van der Waals surface area contributed by atoms with E-state index in [0.717, 1.165) is 11.8 Å². The molecule has 70 valence electrons. The van der Waals surface area contributed by atoms with Crippen LogP contribution in [0.4, 0.5) is 0 Å². The quantitative estimate of drug-likeness (QED) is 0.490. The largest absolute Gasteiger partial charge is 0.272 e. The second kappa shape index (κ2) is 9.92. The third-order valence-electron chi connectivity index (χ3n) is 1.88. The number of nitrogens with two attached hydrogens (primary N) is 1. The van der Waals surface area contributed by atoms with Gasteiger partial charge in [-0.1, -0.05) is 40.5 Å². The third-order valence-corrected chi connectivity index (χ3v) is 1.88. The highest BCUT2D eigenvalue weighted by Crippen LogP contribution is 2.14. The smallest absolute Gasteiger partial charge is 0.00172 e. The molecule has 0 aliphatic rings. The Hall–Kier alpha value is -0.0800. The van der Waals surface area contributed by atoms with Crippen LogP contribution < -0.4 is 11.3 Å². The maximum atomic E-state index is 4.60. The Kier molecular flexibility index (Phi) is 12.2. The normalized spacial score (nSPS) is 12.3. The molecule has 0 aliphatic carbocycles. The Morgan fingerprint density at radius 1 is 1.27 bits per heavy atom. The van der Waals surface area contributed by atoms with Gasteiger partial charge in [-0.15, -0.1) is 0 Å². The summed E-state index contributed by atoms with van der Waals surface area (Å²) in [4.78, 5) is 0. The van der Waals surface area contributed by atoms with Crippen molar-refractivity contribution in [1.29, 1.82) is 0 Å². The fourth-order valence-corrected chi connectivity index (χ4v) is 0.789. The monoisotopic (exact) mass is 160 g/mol. The highest BCUT2D eigenvalue weighted by Gasteiger charge is 2.03. The van der Waals surface area contributed by atoms with Gasteiger partial charge in [0.1, 0.15) is 0 Å². The molecule has 2 heteroatoms. The molecular weight excluding hydrogens is 136 g/mol. The van der Waals surface area contributed by atoms with Crippen LogP contribution in [0.1, 0.15) is 40.5 Å². The van der Waals surface area contributed by atoms with E-state index in [1.54, 1.807) is 7.05 Å². The van der Waals surface area contributed by atoms with Crippen LogP contribution in [0, 0.1) is 11.8 Å². The zero-order chi connectivity index (χ0) is 9.28. The maximum Gasteiger partial charge on any atom is -0.00172 e. The van der Waals surface area contributed by atoms with E-state index < -0.39 is 0 Å². The Morgan fingerprint density at radius 3 is 1.73 bits per heavy atom. The van der Waals surface area contributed by atoms with Crippen molar-refractivity contribution in [2.24, 2.45) is 17.7 Å². The van der Waals surface area contributed by atoms with Crippen molar-refractivity contribution in [2.45, 2.75) is 40.5 Å². The van der Waals surface area contributed by atoms with Crippen LogP contribution in [0.25, 0.3) is 0 Å². The van der Waals surface area contributed by atoms with Gasteiger partial charge in [0.05, 0.1) is 0 Å². The van der Waals surface area contributed by atoms with Crippen molar-refractivity contribution in [3.8, 4) is 0 Å². The summed E-state index contributed by atoms with van der Waals surface area (Å²) in [5.41, 5.74) is 2.25. The first-order chi connectivity index (χ1) is 5.09. The molecule has 0 aromatic heterocycles. The fraction of sp³-hybridized carbons (Fsp3) is 1.00. The van der Waals surface area contributed by atoms with Gasteiger partial charge in [0.25, 0.3) is 0 Å². The van der Waals surface area contributed by atoms with Gasteiger partial charge in [-0.3, -0.25) is 11.3 Å². The van der Waals surface area contributed by atoms with Gasteiger partial charge in [0.2, 0.25) is 0 Å². The van der Waals surface area contributed by atoms with E-state index in [0.29, 0.717) is 0 Å². The van der Waals surface area contributed by atoms with Crippen LogP contribution in [0.5, 0.6) is 0 Å². The van der Waals surface area contributed by atoms with E-state index in [9.17, 15) is 0 Å². The predicted octanol–water partition coefficient (Wildman–Crippen LogP) is 2.16. The zero-order valence-corrected chi connectivity index (χ0v) is 8.65. The first kappa shape index (κ1) is 13.5. The van der Waals surface area contributed by atoms with Crippen molar-refractivity contribution in [3.63, 3.8) is 0 Å². The molecule has 1 atom stereocenters. The van der Waals surface area contributed by atoms with Crippen LogP contribution in [-0.2, 0) is 0 Å². The molecule has 0 spiro atoms. The van der Waals surface area contributed by atoms with Crippen LogP contribution in [-0.4, -0.2) is 7.05 Å².